The maximum absolute atomic E-state index is 13.1. The van der Waals surface area contributed by atoms with Crippen LogP contribution in [0, 0.1) is 0 Å². The third-order valence-electron chi connectivity index (χ3n) is 5.05. The number of carbonyl (C=O) groups excluding carboxylic acids is 3. The zero-order valence-electron chi connectivity index (χ0n) is 20.2. The molecule has 15 heteroatoms. The van der Waals surface area contributed by atoms with Crippen molar-refractivity contribution < 1.29 is 39.3 Å². The summed E-state index contributed by atoms with van der Waals surface area (Å²) in [4.78, 5) is 64.3. The number of phenols is 1. The minimum atomic E-state index is -1.63. The Kier molecular flexibility index (Phi) is 12.3. The molecule has 0 radical (unpaired) electrons. The summed E-state index contributed by atoms with van der Waals surface area (Å²) in [5.41, 5.74) is 16.9. The van der Waals surface area contributed by atoms with E-state index in [2.05, 4.69) is 20.9 Å². The smallest absolute Gasteiger partial charge is 0.325 e. The van der Waals surface area contributed by atoms with E-state index in [1.807, 2.05) is 0 Å². The predicted octanol–water partition coefficient (Wildman–Crippen LogP) is -2.65. The fourth-order valence-electron chi connectivity index (χ4n) is 3.04. The summed E-state index contributed by atoms with van der Waals surface area (Å²) in [6, 6.07) is 0.468. The zero-order valence-corrected chi connectivity index (χ0v) is 20.2. The number of aromatic hydroxyl groups is 1. The van der Waals surface area contributed by atoms with Crippen LogP contribution in [0.25, 0.3) is 0 Å². The van der Waals surface area contributed by atoms with Gasteiger partial charge in [-0.3, -0.25) is 29.0 Å². The highest BCUT2D eigenvalue weighted by Gasteiger charge is 2.30. The number of guanidine groups is 1. The number of aliphatic carboxylic acids is 2. The number of carbonyl (C=O) groups is 5. The van der Waals surface area contributed by atoms with Crippen molar-refractivity contribution in [3.63, 3.8) is 0 Å². The summed E-state index contributed by atoms with van der Waals surface area (Å²) >= 11 is 0. The lowest BCUT2D eigenvalue weighted by Gasteiger charge is -2.24. The molecule has 0 aliphatic heterocycles. The zero-order chi connectivity index (χ0) is 28.1. The van der Waals surface area contributed by atoms with E-state index in [0.29, 0.717) is 12.0 Å². The molecule has 0 spiro atoms. The molecule has 0 heterocycles. The van der Waals surface area contributed by atoms with Crippen molar-refractivity contribution in [2.24, 2.45) is 22.2 Å². The Morgan fingerprint density at radius 1 is 0.919 bits per heavy atom. The van der Waals surface area contributed by atoms with Crippen molar-refractivity contribution in [2.75, 3.05) is 6.54 Å². The first-order chi connectivity index (χ1) is 17.3. The van der Waals surface area contributed by atoms with Crippen molar-refractivity contribution in [2.45, 2.75) is 56.8 Å². The van der Waals surface area contributed by atoms with E-state index in [0.717, 1.165) is 0 Å². The molecule has 37 heavy (non-hydrogen) atoms. The Balaban J connectivity index is 3.04. The Labute approximate surface area is 212 Å². The van der Waals surface area contributed by atoms with Crippen LogP contribution in [0.4, 0.5) is 0 Å². The maximum atomic E-state index is 13.1. The Bertz CT molecular complexity index is 995. The van der Waals surface area contributed by atoms with Crippen LogP contribution in [0.15, 0.2) is 29.3 Å². The molecule has 0 aliphatic carbocycles. The summed E-state index contributed by atoms with van der Waals surface area (Å²) in [6.45, 7) is 1.41. The van der Waals surface area contributed by atoms with Gasteiger partial charge < -0.3 is 48.5 Å². The van der Waals surface area contributed by atoms with E-state index in [9.17, 15) is 29.1 Å². The predicted molar refractivity (Wildman–Crippen MR) is 131 cm³/mol. The second-order valence-electron chi connectivity index (χ2n) is 8.21. The van der Waals surface area contributed by atoms with E-state index >= 15 is 0 Å². The van der Waals surface area contributed by atoms with Crippen LogP contribution < -0.4 is 33.2 Å². The van der Waals surface area contributed by atoms with Crippen LogP contribution in [0.1, 0.15) is 31.7 Å². The fraction of sp³-hybridized carbons (Fsp3) is 0.455. The molecule has 12 N–H and O–H groups in total. The van der Waals surface area contributed by atoms with E-state index < -0.39 is 60.2 Å². The molecule has 1 rings (SSSR count). The number of carboxylic acid groups (broad SMARTS) is 2. The second-order valence-corrected chi connectivity index (χ2v) is 8.21. The fourth-order valence-corrected chi connectivity index (χ4v) is 3.04. The number of nitrogens with zero attached hydrogens (tertiary/aromatic N) is 1. The maximum Gasteiger partial charge on any atom is 0.325 e. The van der Waals surface area contributed by atoms with E-state index in [-0.39, 0.29) is 31.1 Å². The van der Waals surface area contributed by atoms with Gasteiger partial charge in [-0.1, -0.05) is 12.1 Å². The van der Waals surface area contributed by atoms with Crippen LogP contribution in [0.2, 0.25) is 0 Å². The Hall–Kier alpha value is -4.40. The average molecular weight is 524 g/mol. The SMILES string of the molecule is CC(NC(=O)C(CC(=O)O)NC(=O)C(Cc1ccc(O)cc1)NC(=O)C(N)CCCN=C(N)N)C(=O)O. The second kappa shape index (κ2) is 14.9. The van der Waals surface area contributed by atoms with Crippen LogP contribution >= 0.6 is 0 Å². The van der Waals surface area contributed by atoms with Gasteiger partial charge in [-0.25, -0.2) is 0 Å². The Morgan fingerprint density at radius 2 is 1.49 bits per heavy atom. The molecule has 1 aromatic rings. The highest BCUT2D eigenvalue weighted by molar-refractivity contribution is 5.95. The minimum Gasteiger partial charge on any atom is -0.508 e. The lowest BCUT2D eigenvalue weighted by molar-refractivity contribution is -0.143. The summed E-state index contributed by atoms with van der Waals surface area (Å²) in [6.07, 6.45) is -0.364. The summed E-state index contributed by atoms with van der Waals surface area (Å²) in [5, 5.41) is 34.5. The molecule has 204 valence electrons. The number of benzene rings is 1. The van der Waals surface area contributed by atoms with Gasteiger partial charge in [0, 0.05) is 13.0 Å². The first-order valence-corrected chi connectivity index (χ1v) is 11.2. The minimum absolute atomic E-state index is 0.0256. The quantitative estimate of drug-likeness (QED) is 0.0650. The van der Waals surface area contributed by atoms with Crippen molar-refractivity contribution in [3.8, 4) is 5.75 Å². The Morgan fingerprint density at radius 3 is 2.03 bits per heavy atom. The third-order valence-corrected chi connectivity index (χ3v) is 5.05. The number of carboxylic acids is 2. The van der Waals surface area contributed by atoms with E-state index in [4.69, 9.17) is 27.4 Å². The number of phenolic OH excluding ortho intramolecular Hbond substituents is 1. The van der Waals surface area contributed by atoms with Gasteiger partial charge in [0.25, 0.3) is 0 Å². The monoisotopic (exact) mass is 523 g/mol. The molecule has 0 bridgehead atoms. The summed E-state index contributed by atoms with van der Waals surface area (Å²) in [5.74, 6) is -5.55. The number of nitrogens with two attached hydrogens (primary N) is 3. The van der Waals surface area contributed by atoms with Crippen LogP contribution in [-0.4, -0.2) is 81.7 Å². The molecular weight excluding hydrogens is 490 g/mol. The third kappa shape index (κ3) is 11.7. The van der Waals surface area contributed by atoms with Gasteiger partial charge in [0.15, 0.2) is 5.96 Å². The standard InChI is InChI=1S/C22H33N7O8/c1-11(21(36)37)27-19(34)16(10-17(31)32)29-20(35)15(9-12-4-6-13(30)7-5-12)28-18(33)14(23)3-2-8-26-22(24)25/h4-7,11,14-16,30H,2-3,8-10,23H2,1H3,(H,27,34)(H,28,33)(H,29,35)(H,31,32)(H,36,37)(H4,24,25,26). The molecule has 4 atom stereocenters. The van der Waals surface area contributed by atoms with Gasteiger partial charge in [0.05, 0.1) is 12.5 Å². The number of nitrogens with one attached hydrogen (secondary N) is 3. The highest BCUT2D eigenvalue weighted by atomic mass is 16.4. The lowest BCUT2D eigenvalue weighted by atomic mass is 10.0. The first-order valence-electron chi connectivity index (χ1n) is 11.2. The molecule has 0 aliphatic rings. The molecule has 15 nitrogen and oxygen atoms in total. The van der Waals surface area contributed by atoms with Crippen molar-refractivity contribution in [3.05, 3.63) is 29.8 Å². The molecule has 3 amide bonds. The molecule has 4 unspecified atom stereocenters. The van der Waals surface area contributed by atoms with Crippen LogP contribution in [0.3, 0.4) is 0 Å². The number of hydrogen-bond donors (Lipinski definition) is 9. The number of amides is 3. The molecule has 1 aromatic carbocycles. The topological polar surface area (TPSA) is 273 Å². The largest absolute Gasteiger partial charge is 0.508 e. The number of aliphatic imine (C=N–C) groups is 1. The molecule has 0 saturated heterocycles. The average Bonchev–Trinajstić information content (AvgIpc) is 2.81. The van der Waals surface area contributed by atoms with E-state index in [1.165, 1.54) is 31.2 Å². The molecule has 0 fully saturated rings. The van der Waals surface area contributed by atoms with E-state index in [1.54, 1.807) is 0 Å². The first kappa shape index (κ1) is 30.6. The van der Waals surface area contributed by atoms with Crippen molar-refractivity contribution in [1.29, 1.82) is 0 Å². The normalized spacial score (nSPS) is 13.8. The lowest BCUT2D eigenvalue weighted by Crippen LogP contribution is -2.57. The van der Waals surface area contributed by atoms with Crippen LogP contribution in [-0.2, 0) is 30.4 Å². The molecule has 0 saturated carbocycles. The number of hydrogen-bond acceptors (Lipinski definition) is 8. The van der Waals surface area contributed by atoms with Crippen LogP contribution in [0.5, 0.6) is 5.75 Å². The molecular formula is C22H33N7O8. The summed E-state index contributed by atoms with van der Waals surface area (Å²) < 4.78 is 0. The highest BCUT2D eigenvalue weighted by Crippen LogP contribution is 2.12. The number of rotatable bonds is 15. The van der Waals surface area contributed by atoms with Crippen molar-refractivity contribution >= 4 is 35.6 Å². The van der Waals surface area contributed by atoms with Gasteiger partial charge in [-0.05, 0) is 37.5 Å². The summed E-state index contributed by atoms with van der Waals surface area (Å²) in [7, 11) is 0. The van der Waals surface area contributed by atoms with Gasteiger partial charge in [0.2, 0.25) is 17.7 Å². The van der Waals surface area contributed by atoms with Crippen molar-refractivity contribution in [1.82, 2.24) is 16.0 Å². The van der Waals surface area contributed by atoms with Gasteiger partial charge in [-0.15, -0.1) is 0 Å². The van der Waals surface area contributed by atoms with Gasteiger partial charge >= 0.3 is 11.9 Å². The van der Waals surface area contributed by atoms with Gasteiger partial charge in [-0.2, -0.15) is 0 Å². The van der Waals surface area contributed by atoms with Gasteiger partial charge in [0.1, 0.15) is 23.9 Å². The molecule has 0 aromatic heterocycles.